The molecule has 17 heavy (non-hydrogen) atoms. The maximum atomic E-state index is 8.86. The molecule has 0 bridgehead atoms. The quantitative estimate of drug-likeness (QED) is 0.395. The van der Waals surface area contributed by atoms with Gasteiger partial charge in [-0.3, -0.25) is 0 Å². The number of halogens is 1. The molecule has 0 saturated heterocycles. The predicted molar refractivity (Wildman–Crippen MR) is 70.1 cm³/mol. The molecule has 3 N–H and O–H groups in total. The highest BCUT2D eigenvalue weighted by Gasteiger charge is 2.17. The van der Waals surface area contributed by atoms with Crippen molar-refractivity contribution in [2.45, 2.75) is 6.04 Å². The summed E-state index contributed by atoms with van der Waals surface area (Å²) < 4.78 is 2.88. The number of aromatic nitrogens is 1. The van der Waals surface area contributed by atoms with Gasteiger partial charge in [0.1, 0.15) is 6.04 Å². The first-order chi connectivity index (χ1) is 8.22. The van der Waals surface area contributed by atoms with Gasteiger partial charge in [0, 0.05) is 16.9 Å². The molecule has 0 aliphatic heterocycles. The zero-order chi connectivity index (χ0) is 12.3. The summed E-state index contributed by atoms with van der Waals surface area (Å²) in [6, 6.07) is 11.2. The van der Waals surface area contributed by atoms with E-state index in [1.54, 1.807) is 0 Å². The highest BCUT2D eigenvalue weighted by atomic mass is 79.9. The first-order valence-corrected chi connectivity index (χ1v) is 5.87. The average Bonchev–Trinajstić information content (AvgIpc) is 2.85. The maximum absolute atomic E-state index is 8.86. The van der Waals surface area contributed by atoms with E-state index in [0.717, 1.165) is 10.0 Å². The second-order valence-corrected chi connectivity index (χ2v) is 4.52. The summed E-state index contributed by atoms with van der Waals surface area (Å²) in [5.41, 5.74) is 6.70. The summed E-state index contributed by atoms with van der Waals surface area (Å²) in [6.45, 7) is 0. The van der Waals surface area contributed by atoms with Gasteiger partial charge in [0.2, 0.25) is 0 Å². The largest absolute Gasteiger partial charge is 0.409 e. The van der Waals surface area contributed by atoms with Gasteiger partial charge in [0.05, 0.1) is 0 Å². The number of nitrogens with two attached hydrogens (primary N) is 1. The van der Waals surface area contributed by atoms with Crippen LogP contribution in [0.15, 0.2) is 58.4 Å². The summed E-state index contributed by atoms with van der Waals surface area (Å²) in [4.78, 5) is 0. The van der Waals surface area contributed by atoms with E-state index in [1.807, 2.05) is 53.4 Å². The van der Waals surface area contributed by atoms with Crippen LogP contribution in [0.1, 0.15) is 11.6 Å². The molecule has 0 spiro atoms. The summed E-state index contributed by atoms with van der Waals surface area (Å²) in [6.07, 6.45) is 3.76. The normalized spacial score (nSPS) is 13.6. The Morgan fingerprint density at radius 3 is 2.35 bits per heavy atom. The highest BCUT2D eigenvalue weighted by Crippen LogP contribution is 2.21. The van der Waals surface area contributed by atoms with Crippen molar-refractivity contribution in [2.24, 2.45) is 10.9 Å². The van der Waals surface area contributed by atoms with E-state index < -0.39 is 0 Å². The Labute approximate surface area is 107 Å². The minimum atomic E-state index is -0.289. The summed E-state index contributed by atoms with van der Waals surface area (Å²) in [7, 11) is 0. The molecule has 1 heterocycles. The molecule has 1 unspecified atom stereocenters. The Kier molecular flexibility index (Phi) is 3.49. The molecule has 0 saturated carbocycles. The Morgan fingerprint density at radius 1 is 1.24 bits per heavy atom. The van der Waals surface area contributed by atoms with E-state index in [4.69, 9.17) is 10.9 Å². The predicted octanol–water partition coefficient (Wildman–Crippen LogP) is 2.59. The maximum Gasteiger partial charge on any atom is 0.166 e. The third-order valence-electron chi connectivity index (χ3n) is 2.51. The Bertz CT molecular complexity index is 505. The van der Waals surface area contributed by atoms with Crippen molar-refractivity contribution in [3.63, 3.8) is 0 Å². The fraction of sp³-hybridized carbons (Fsp3) is 0.0833. The van der Waals surface area contributed by atoms with E-state index in [0.29, 0.717) is 0 Å². The lowest BCUT2D eigenvalue weighted by Crippen LogP contribution is -2.27. The third kappa shape index (κ3) is 2.50. The van der Waals surface area contributed by atoms with E-state index in [1.165, 1.54) is 0 Å². The van der Waals surface area contributed by atoms with Gasteiger partial charge in [-0.15, -0.1) is 0 Å². The monoisotopic (exact) mass is 293 g/mol. The van der Waals surface area contributed by atoms with Crippen molar-refractivity contribution in [1.29, 1.82) is 0 Å². The fourth-order valence-electron chi connectivity index (χ4n) is 1.72. The van der Waals surface area contributed by atoms with Crippen molar-refractivity contribution in [1.82, 2.24) is 4.57 Å². The average molecular weight is 294 g/mol. The van der Waals surface area contributed by atoms with Crippen LogP contribution in [0.25, 0.3) is 0 Å². The van der Waals surface area contributed by atoms with Crippen LogP contribution < -0.4 is 5.73 Å². The van der Waals surface area contributed by atoms with Crippen LogP contribution in [0.5, 0.6) is 0 Å². The van der Waals surface area contributed by atoms with Gasteiger partial charge in [-0.2, -0.15) is 0 Å². The molecular weight excluding hydrogens is 282 g/mol. The van der Waals surface area contributed by atoms with Gasteiger partial charge in [0.15, 0.2) is 5.84 Å². The molecule has 1 aromatic heterocycles. The first-order valence-electron chi connectivity index (χ1n) is 5.07. The zero-order valence-electron chi connectivity index (χ0n) is 8.99. The van der Waals surface area contributed by atoms with Gasteiger partial charge in [-0.25, -0.2) is 0 Å². The minimum absolute atomic E-state index is 0.156. The summed E-state index contributed by atoms with van der Waals surface area (Å²) in [5, 5.41) is 12.0. The van der Waals surface area contributed by atoms with Crippen molar-refractivity contribution >= 4 is 21.8 Å². The Balaban J connectivity index is 2.44. The second-order valence-electron chi connectivity index (χ2n) is 3.61. The lowest BCUT2D eigenvalue weighted by molar-refractivity contribution is 0.315. The number of hydrogen-bond donors (Lipinski definition) is 2. The van der Waals surface area contributed by atoms with E-state index in [2.05, 4.69) is 21.1 Å². The number of amidine groups is 1. The number of benzene rings is 1. The molecule has 0 radical (unpaired) electrons. The number of nitrogens with zero attached hydrogens (tertiary/aromatic N) is 2. The Morgan fingerprint density at radius 2 is 1.82 bits per heavy atom. The summed E-state index contributed by atoms with van der Waals surface area (Å²) in [5.74, 6) is 0.156. The first kappa shape index (κ1) is 11.7. The van der Waals surface area contributed by atoms with Gasteiger partial charge in [-0.1, -0.05) is 33.2 Å². The smallest absolute Gasteiger partial charge is 0.166 e. The van der Waals surface area contributed by atoms with Crippen LogP contribution >= 0.6 is 15.9 Å². The van der Waals surface area contributed by atoms with Gasteiger partial charge < -0.3 is 15.5 Å². The van der Waals surface area contributed by atoms with E-state index in [-0.39, 0.29) is 11.9 Å². The highest BCUT2D eigenvalue weighted by molar-refractivity contribution is 9.10. The van der Waals surface area contributed by atoms with E-state index in [9.17, 15) is 0 Å². The topological polar surface area (TPSA) is 63.5 Å². The van der Waals surface area contributed by atoms with Crippen molar-refractivity contribution in [3.8, 4) is 0 Å². The Hall–Kier alpha value is -1.75. The lowest BCUT2D eigenvalue weighted by atomic mass is 10.1. The van der Waals surface area contributed by atoms with Crippen LogP contribution in [0.3, 0.4) is 0 Å². The number of rotatable bonds is 3. The molecule has 2 rings (SSSR count). The van der Waals surface area contributed by atoms with Crippen LogP contribution in [0.2, 0.25) is 0 Å². The minimum Gasteiger partial charge on any atom is -0.409 e. The standard InChI is InChI=1S/C12H12BrN3O/c13-10-5-3-9(4-6-10)11(12(14)15-17)16-7-1-2-8-16/h1-8,11,17H,(H2,14,15). The molecule has 5 heteroatoms. The van der Waals surface area contributed by atoms with Gasteiger partial charge >= 0.3 is 0 Å². The molecule has 0 amide bonds. The molecule has 1 aromatic carbocycles. The zero-order valence-corrected chi connectivity index (χ0v) is 10.6. The number of hydrogen-bond acceptors (Lipinski definition) is 2. The number of oxime groups is 1. The second kappa shape index (κ2) is 5.05. The molecule has 1 atom stereocenters. The molecule has 88 valence electrons. The SMILES string of the molecule is N/C(=N\O)C(c1ccc(Br)cc1)n1cccc1. The molecular formula is C12H12BrN3O. The molecule has 0 fully saturated rings. The van der Waals surface area contributed by atoms with Crippen molar-refractivity contribution in [2.75, 3.05) is 0 Å². The van der Waals surface area contributed by atoms with Gasteiger partial charge in [-0.05, 0) is 29.8 Å². The van der Waals surface area contributed by atoms with Crippen molar-refractivity contribution < 1.29 is 5.21 Å². The third-order valence-corrected chi connectivity index (χ3v) is 3.04. The van der Waals surface area contributed by atoms with Crippen LogP contribution in [0, 0.1) is 0 Å². The molecule has 0 aliphatic carbocycles. The fourth-order valence-corrected chi connectivity index (χ4v) is 1.98. The van der Waals surface area contributed by atoms with Crippen molar-refractivity contribution in [3.05, 3.63) is 58.8 Å². The molecule has 2 aromatic rings. The molecule has 0 aliphatic rings. The van der Waals surface area contributed by atoms with Crippen LogP contribution in [0.4, 0.5) is 0 Å². The summed E-state index contributed by atoms with van der Waals surface area (Å²) >= 11 is 3.38. The van der Waals surface area contributed by atoms with Gasteiger partial charge in [0.25, 0.3) is 0 Å². The lowest BCUT2D eigenvalue weighted by Gasteiger charge is -2.18. The van der Waals surface area contributed by atoms with Crippen LogP contribution in [-0.2, 0) is 0 Å². The van der Waals surface area contributed by atoms with E-state index >= 15 is 0 Å². The van der Waals surface area contributed by atoms with Crippen LogP contribution in [-0.4, -0.2) is 15.6 Å². The molecule has 4 nitrogen and oxygen atoms in total.